The summed E-state index contributed by atoms with van der Waals surface area (Å²) in [7, 11) is 0. The van der Waals surface area contributed by atoms with Crippen LogP contribution in [0.4, 0.5) is 10.5 Å². The Bertz CT molecular complexity index is 868. The highest BCUT2D eigenvalue weighted by molar-refractivity contribution is 6.45. The van der Waals surface area contributed by atoms with Crippen LogP contribution in [0.3, 0.4) is 0 Å². The minimum absolute atomic E-state index is 0.0282. The van der Waals surface area contributed by atoms with E-state index >= 15 is 0 Å². The van der Waals surface area contributed by atoms with E-state index in [0.717, 1.165) is 4.90 Å². The number of nitrogens with one attached hydrogen (secondary N) is 1. The molecule has 0 bridgehead atoms. The van der Waals surface area contributed by atoms with Gasteiger partial charge in [0, 0.05) is 10.7 Å². The maximum Gasteiger partial charge on any atom is 0.335 e. The zero-order chi connectivity index (χ0) is 18.7. The molecule has 0 atom stereocenters. The van der Waals surface area contributed by atoms with Gasteiger partial charge in [0.2, 0.25) is 5.91 Å². The monoisotopic (exact) mass is 371 g/mol. The van der Waals surface area contributed by atoms with Gasteiger partial charge >= 0.3 is 17.8 Å². The molecule has 0 saturated carbocycles. The molecule has 5 amide bonds. The SMILES string of the molecule is O=C(CN1C(=O)C(=O)N(Cc2ccccc2)C1=O)Nc1ccc(Cl)cc1. The van der Waals surface area contributed by atoms with Gasteiger partial charge in [-0.3, -0.25) is 19.3 Å². The van der Waals surface area contributed by atoms with Crippen molar-refractivity contribution < 1.29 is 19.2 Å². The molecule has 26 heavy (non-hydrogen) atoms. The van der Waals surface area contributed by atoms with Gasteiger partial charge in [-0.25, -0.2) is 9.69 Å². The van der Waals surface area contributed by atoms with Crippen molar-refractivity contribution in [2.45, 2.75) is 6.54 Å². The number of imide groups is 2. The summed E-state index contributed by atoms with van der Waals surface area (Å²) in [6.07, 6.45) is 0. The van der Waals surface area contributed by atoms with Crippen molar-refractivity contribution in [2.24, 2.45) is 0 Å². The molecule has 1 aliphatic rings. The fourth-order valence-electron chi connectivity index (χ4n) is 2.47. The maximum atomic E-state index is 12.4. The van der Waals surface area contributed by atoms with E-state index < -0.39 is 30.3 Å². The van der Waals surface area contributed by atoms with Crippen LogP contribution < -0.4 is 5.32 Å². The Balaban J connectivity index is 1.67. The summed E-state index contributed by atoms with van der Waals surface area (Å²) in [5.41, 5.74) is 1.17. The molecule has 2 aromatic rings. The van der Waals surface area contributed by atoms with Crippen LogP contribution in [0.1, 0.15) is 5.56 Å². The number of rotatable bonds is 5. The molecule has 1 heterocycles. The first-order valence-electron chi connectivity index (χ1n) is 7.72. The minimum Gasteiger partial charge on any atom is -0.325 e. The van der Waals surface area contributed by atoms with Crippen molar-refractivity contribution in [2.75, 3.05) is 11.9 Å². The van der Waals surface area contributed by atoms with Crippen LogP contribution in [0, 0.1) is 0 Å². The number of urea groups is 1. The Kier molecular flexibility index (Phi) is 4.99. The number of hydrogen-bond acceptors (Lipinski definition) is 4. The van der Waals surface area contributed by atoms with E-state index in [4.69, 9.17) is 11.6 Å². The van der Waals surface area contributed by atoms with Gasteiger partial charge in [-0.15, -0.1) is 0 Å². The Hall–Kier alpha value is -3.19. The number of anilines is 1. The third-order valence-corrected chi connectivity index (χ3v) is 4.00. The highest BCUT2D eigenvalue weighted by Crippen LogP contribution is 2.17. The fraction of sp³-hybridized carbons (Fsp3) is 0.111. The normalized spacial score (nSPS) is 14.1. The number of benzene rings is 2. The van der Waals surface area contributed by atoms with Crippen LogP contribution in [0.25, 0.3) is 0 Å². The predicted octanol–water partition coefficient (Wildman–Crippen LogP) is 2.27. The lowest BCUT2D eigenvalue weighted by Gasteiger charge is -2.15. The number of amides is 5. The molecule has 1 saturated heterocycles. The molecular weight excluding hydrogens is 358 g/mol. The van der Waals surface area contributed by atoms with E-state index in [1.807, 2.05) is 0 Å². The molecule has 3 rings (SSSR count). The molecule has 1 fully saturated rings. The van der Waals surface area contributed by atoms with Crippen molar-refractivity contribution >= 4 is 41.0 Å². The van der Waals surface area contributed by atoms with Gasteiger partial charge in [-0.05, 0) is 29.8 Å². The second-order valence-corrected chi connectivity index (χ2v) is 6.04. The zero-order valence-corrected chi connectivity index (χ0v) is 14.3. The lowest BCUT2D eigenvalue weighted by atomic mass is 10.2. The summed E-state index contributed by atoms with van der Waals surface area (Å²) in [6.45, 7) is -0.573. The third kappa shape index (κ3) is 3.73. The second kappa shape index (κ2) is 7.37. The largest absolute Gasteiger partial charge is 0.335 e. The molecule has 1 aliphatic heterocycles. The van der Waals surface area contributed by atoms with Gasteiger partial charge in [-0.2, -0.15) is 0 Å². The first-order chi connectivity index (χ1) is 12.5. The molecule has 0 spiro atoms. The van der Waals surface area contributed by atoms with Gasteiger partial charge < -0.3 is 5.32 Å². The predicted molar refractivity (Wildman–Crippen MR) is 94.2 cm³/mol. The van der Waals surface area contributed by atoms with E-state index in [1.165, 1.54) is 0 Å². The Morgan fingerprint density at radius 1 is 0.885 bits per heavy atom. The molecule has 0 radical (unpaired) electrons. The summed E-state index contributed by atoms with van der Waals surface area (Å²) >= 11 is 5.77. The van der Waals surface area contributed by atoms with Crippen LogP contribution in [0.5, 0.6) is 0 Å². The van der Waals surface area contributed by atoms with E-state index in [2.05, 4.69) is 5.32 Å². The summed E-state index contributed by atoms with van der Waals surface area (Å²) in [4.78, 5) is 50.1. The van der Waals surface area contributed by atoms with Crippen LogP contribution in [-0.2, 0) is 20.9 Å². The molecule has 0 unspecified atom stereocenters. The average molecular weight is 372 g/mol. The molecular formula is C18H14ClN3O4. The molecule has 8 heteroatoms. The molecule has 0 aromatic heterocycles. The van der Waals surface area contributed by atoms with E-state index in [1.54, 1.807) is 54.6 Å². The summed E-state index contributed by atoms with van der Waals surface area (Å²) in [6, 6.07) is 14.3. The number of halogens is 1. The number of nitrogens with zero attached hydrogens (tertiary/aromatic N) is 2. The van der Waals surface area contributed by atoms with Crippen molar-refractivity contribution in [1.29, 1.82) is 0 Å². The topological polar surface area (TPSA) is 86.8 Å². The lowest BCUT2D eigenvalue weighted by Crippen LogP contribution is -2.38. The smallest absolute Gasteiger partial charge is 0.325 e. The van der Waals surface area contributed by atoms with Crippen LogP contribution in [0.15, 0.2) is 54.6 Å². The fourth-order valence-corrected chi connectivity index (χ4v) is 2.60. The van der Waals surface area contributed by atoms with Crippen LogP contribution in [0.2, 0.25) is 5.02 Å². The van der Waals surface area contributed by atoms with E-state index in [-0.39, 0.29) is 6.54 Å². The average Bonchev–Trinajstić information content (AvgIpc) is 2.83. The summed E-state index contributed by atoms with van der Waals surface area (Å²) < 4.78 is 0. The first-order valence-corrected chi connectivity index (χ1v) is 8.10. The number of hydrogen-bond donors (Lipinski definition) is 1. The first kappa shape index (κ1) is 17.6. The van der Waals surface area contributed by atoms with Gasteiger partial charge in [-0.1, -0.05) is 41.9 Å². The van der Waals surface area contributed by atoms with Crippen LogP contribution in [-0.4, -0.2) is 40.1 Å². The van der Waals surface area contributed by atoms with Crippen molar-refractivity contribution in [3.63, 3.8) is 0 Å². The quantitative estimate of drug-likeness (QED) is 0.645. The number of carbonyl (C=O) groups excluding carboxylic acids is 4. The van der Waals surface area contributed by atoms with Crippen LogP contribution >= 0.6 is 11.6 Å². The van der Waals surface area contributed by atoms with E-state index in [9.17, 15) is 19.2 Å². The molecule has 132 valence electrons. The highest BCUT2D eigenvalue weighted by Gasteiger charge is 2.45. The summed E-state index contributed by atoms with van der Waals surface area (Å²) in [5.74, 6) is -2.56. The van der Waals surface area contributed by atoms with Gasteiger partial charge in [0.1, 0.15) is 6.54 Å². The van der Waals surface area contributed by atoms with Crippen molar-refractivity contribution in [3.05, 3.63) is 65.2 Å². The second-order valence-electron chi connectivity index (χ2n) is 5.61. The van der Waals surface area contributed by atoms with Crippen molar-refractivity contribution in [1.82, 2.24) is 9.80 Å². The van der Waals surface area contributed by atoms with Gasteiger partial charge in [0.25, 0.3) is 0 Å². The van der Waals surface area contributed by atoms with Gasteiger partial charge in [0.05, 0.1) is 6.54 Å². The molecule has 1 N–H and O–H groups in total. The maximum absolute atomic E-state index is 12.4. The van der Waals surface area contributed by atoms with E-state index in [0.29, 0.717) is 21.2 Å². The summed E-state index contributed by atoms with van der Waals surface area (Å²) in [5, 5.41) is 3.05. The molecule has 7 nitrogen and oxygen atoms in total. The minimum atomic E-state index is -1.02. The molecule has 0 aliphatic carbocycles. The standard InChI is InChI=1S/C18H14ClN3O4/c19-13-6-8-14(9-7-13)20-15(23)11-22-17(25)16(24)21(18(22)26)10-12-4-2-1-3-5-12/h1-9H,10-11H2,(H,20,23). The van der Waals surface area contributed by atoms with Gasteiger partial charge in [0.15, 0.2) is 0 Å². The Morgan fingerprint density at radius 2 is 1.50 bits per heavy atom. The molecule has 2 aromatic carbocycles. The zero-order valence-electron chi connectivity index (χ0n) is 13.5. The highest BCUT2D eigenvalue weighted by atomic mass is 35.5. The lowest BCUT2D eigenvalue weighted by molar-refractivity contribution is -0.143. The Morgan fingerprint density at radius 3 is 2.15 bits per heavy atom. The van der Waals surface area contributed by atoms with Crippen molar-refractivity contribution in [3.8, 4) is 0 Å². The third-order valence-electron chi connectivity index (χ3n) is 3.75. The number of carbonyl (C=O) groups is 4. The Labute approximate surface area is 154 Å².